The molecule has 142 valence electrons. The highest BCUT2D eigenvalue weighted by atomic mass is 16.8. The molecule has 2 aliphatic heterocycles. The van der Waals surface area contributed by atoms with E-state index < -0.39 is 40.1 Å². The number of ketones is 1. The van der Waals surface area contributed by atoms with Crippen LogP contribution in [0.3, 0.4) is 0 Å². The Kier molecular flexibility index (Phi) is 3.09. The fourth-order valence-electron chi connectivity index (χ4n) is 4.83. The lowest BCUT2D eigenvalue weighted by Gasteiger charge is -2.22. The van der Waals surface area contributed by atoms with Crippen molar-refractivity contribution in [2.75, 3.05) is 14.2 Å². The molecule has 5 rings (SSSR count). The van der Waals surface area contributed by atoms with Crippen molar-refractivity contribution in [1.82, 2.24) is 0 Å². The molecule has 0 bridgehead atoms. The molecule has 2 aromatic carbocycles. The van der Waals surface area contributed by atoms with Gasteiger partial charge in [-0.25, -0.2) is 9.59 Å². The first-order chi connectivity index (χ1) is 13.5. The highest BCUT2D eigenvalue weighted by Crippen LogP contribution is 2.84. The summed E-state index contributed by atoms with van der Waals surface area (Å²) in [5.74, 6) is -2.53. The van der Waals surface area contributed by atoms with Gasteiger partial charge in [-0.2, -0.15) is 0 Å². The van der Waals surface area contributed by atoms with Crippen LogP contribution in [0, 0.1) is 0 Å². The van der Waals surface area contributed by atoms with Crippen molar-refractivity contribution in [2.45, 2.75) is 22.4 Å². The Morgan fingerprint density at radius 1 is 0.714 bits per heavy atom. The second-order valence-corrected chi connectivity index (χ2v) is 6.97. The molecule has 28 heavy (non-hydrogen) atoms. The zero-order valence-electron chi connectivity index (χ0n) is 15.1. The first-order valence-corrected chi connectivity index (χ1v) is 8.72. The van der Waals surface area contributed by atoms with Crippen molar-refractivity contribution in [3.8, 4) is 0 Å². The minimum atomic E-state index is -1.97. The zero-order valence-corrected chi connectivity index (χ0v) is 15.1. The molecular weight excluding hydrogens is 364 g/mol. The van der Waals surface area contributed by atoms with Crippen molar-refractivity contribution in [1.29, 1.82) is 0 Å². The van der Waals surface area contributed by atoms with E-state index in [2.05, 4.69) is 0 Å². The van der Waals surface area contributed by atoms with Crippen LogP contribution in [-0.4, -0.2) is 43.1 Å². The fraction of sp³-hybridized carbons (Fsp3) is 0.286. The van der Waals surface area contributed by atoms with Gasteiger partial charge in [0, 0.05) is 0 Å². The molecule has 4 atom stereocenters. The number of benzene rings is 2. The average molecular weight is 380 g/mol. The Balaban J connectivity index is 1.85. The second kappa shape index (κ2) is 5.06. The molecule has 2 heterocycles. The first kappa shape index (κ1) is 17.1. The molecule has 0 spiro atoms. The van der Waals surface area contributed by atoms with E-state index in [1.807, 2.05) is 0 Å². The molecule has 7 nitrogen and oxygen atoms in total. The van der Waals surface area contributed by atoms with Crippen molar-refractivity contribution in [3.63, 3.8) is 0 Å². The molecule has 2 aromatic rings. The van der Waals surface area contributed by atoms with Gasteiger partial charge in [-0.3, -0.25) is 4.79 Å². The van der Waals surface area contributed by atoms with E-state index in [0.29, 0.717) is 11.1 Å². The van der Waals surface area contributed by atoms with Gasteiger partial charge in [-0.05, 0) is 11.1 Å². The molecular formula is C21H16O7. The van der Waals surface area contributed by atoms with Crippen molar-refractivity contribution in [2.24, 2.45) is 0 Å². The Hall–Kier alpha value is -3.03. The largest absolute Gasteiger partial charge is 0.466 e. The number of fused-ring (bicyclic) bond motifs is 3. The average Bonchev–Trinajstić information content (AvgIpc) is 3.64. The maximum atomic E-state index is 13.5. The molecule has 3 fully saturated rings. The third kappa shape index (κ3) is 1.43. The first-order valence-electron chi connectivity index (χ1n) is 8.72. The van der Waals surface area contributed by atoms with Crippen LogP contribution in [0.25, 0.3) is 0 Å². The molecule has 0 radical (unpaired) electrons. The number of carbonyl (C=O) groups excluding carboxylic acids is 3. The smallest absolute Gasteiger partial charge is 0.349 e. The number of carbonyl (C=O) groups is 3. The molecule has 0 N–H and O–H groups in total. The maximum absolute atomic E-state index is 13.5. The van der Waals surface area contributed by atoms with Crippen LogP contribution in [0.15, 0.2) is 60.7 Å². The number of esters is 2. The SMILES string of the molecule is COC(=O)[C@]12O[C@@]1(c1ccccc1)[C@@]1(c3ccccc3)O[C@@]1(C(=O)OC)C2=O. The highest BCUT2D eigenvalue weighted by molar-refractivity contribution is 6.29. The number of epoxide rings is 2. The Bertz CT molecular complexity index is 938. The lowest BCUT2D eigenvalue weighted by molar-refractivity contribution is -0.158. The van der Waals surface area contributed by atoms with Crippen LogP contribution in [0.5, 0.6) is 0 Å². The number of hydrogen-bond acceptors (Lipinski definition) is 7. The highest BCUT2D eigenvalue weighted by Gasteiger charge is 3.10. The van der Waals surface area contributed by atoms with Gasteiger partial charge in [0.05, 0.1) is 14.2 Å². The van der Waals surface area contributed by atoms with E-state index in [4.69, 9.17) is 18.9 Å². The minimum Gasteiger partial charge on any atom is -0.466 e. The number of rotatable bonds is 4. The van der Waals surface area contributed by atoms with Gasteiger partial charge in [0.1, 0.15) is 0 Å². The van der Waals surface area contributed by atoms with E-state index in [0.717, 1.165) is 0 Å². The normalized spacial score (nSPS) is 36.9. The molecule has 2 saturated heterocycles. The molecule has 0 amide bonds. The quantitative estimate of drug-likeness (QED) is 0.447. The van der Waals surface area contributed by atoms with E-state index in [1.54, 1.807) is 60.7 Å². The van der Waals surface area contributed by atoms with Crippen molar-refractivity contribution in [3.05, 3.63) is 71.8 Å². The van der Waals surface area contributed by atoms with Crippen LogP contribution in [-0.2, 0) is 44.5 Å². The third-order valence-corrected chi connectivity index (χ3v) is 5.96. The third-order valence-electron chi connectivity index (χ3n) is 5.96. The van der Waals surface area contributed by atoms with Gasteiger partial charge >= 0.3 is 11.9 Å². The summed E-state index contributed by atoms with van der Waals surface area (Å²) in [6.07, 6.45) is 0. The Morgan fingerprint density at radius 3 is 1.39 bits per heavy atom. The van der Waals surface area contributed by atoms with Gasteiger partial charge in [-0.15, -0.1) is 0 Å². The molecule has 0 aromatic heterocycles. The Morgan fingerprint density at radius 2 is 1.07 bits per heavy atom. The fourth-order valence-corrected chi connectivity index (χ4v) is 4.83. The van der Waals surface area contributed by atoms with Crippen molar-refractivity contribution < 1.29 is 33.3 Å². The van der Waals surface area contributed by atoms with Crippen LogP contribution < -0.4 is 0 Å². The van der Waals surface area contributed by atoms with Gasteiger partial charge in [0.15, 0.2) is 11.2 Å². The number of ether oxygens (including phenoxy) is 4. The lowest BCUT2D eigenvalue weighted by Crippen LogP contribution is -2.46. The monoisotopic (exact) mass is 380 g/mol. The van der Waals surface area contributed by atoms with Crippen molar-refractivity contribution >= 4 is 17.7 Å². The number of methoxy groups -OCH3 is 2. The topological polar surface area (TPSA) is 94.7 Å². The van der Waals surface area contributed by atoms with Gasteiger partial charge in [-0.1, -0.05) is 60.7 Å². The summed E-state index contributed by atoms with van der Waals surface area (Å²) in [5.41, 5.74) is -5.90. The summed E-state index contributed by atoms with van der Waals surface area (Å²) in [5, 5.41) is 0. The molecule has 3 aliphatic rings. The van der Waals surface area contributed by atoms with Crippen LogP contribution in [0.4, 0.5) is 0 Å². The predicted molar refractivity (Wildman–Crippen MR) is 92.9 cm³/mol. The Labute approximate surface area is 160 Å². The summed E-state index contributed by atoms with van der Waals surface area (Å²) in [6.45, 7) is 0. The van der Waals surface area contributed by atoms with Crippen LogP contribution in [0.2, 0.25) is 0 Å². The standard InChI is InChI=1S/C21H16O7/c1-25-16(23)18-15(22)19(17(24)26-2)21(28-19,14-11-7-4-8-12-14)20(18,27-18)13-9-5-3-6-10-13/h3-12H,1-2H3/t18-,19+,20+,21-. The summed E-state index contributed by atoms with van der Waals surface area (Å²) < 4.78 is 21.7. The second-order valence-electron chi connectivity index (χ2n) is 6.97. The molecule has 1 aliphatic carbocycles. The summed E-state index contributed by atoms with van der Waals surface area (Å²) in [4.78, 5) is 39.1. The number of hydrogen-bond donors (Lipinski definition) is 0. The summed E-state index contributed by atoms with van der Waals surface area (Å²) >= 11 is 0. The number of Topliss-reactive ketones (excluding diaryl/α,β-unsaturated/α-hetero) is 1. The maximum Gasteiger partial charge on any atom is 0.349 e. The van der Waals surface area contributed by atoms with Gasteiger partial charge in [0.2, 0.25) is 5.78 Å². The lowest BCUT2D eigenvalue weighted by atomic mass is 9.76. The molecule has 0 unspecified atom stereocenters. The van der Waals surface area contributed by atoms with E-state index in [9.17, 15) is 14.4 Å². The van der Waals surface area contributed by atoms with Crippen LogP contribution in [0.1, 0.15) is 11.1 Å². The summed E-state index contributed by atoms with van der Waals surface area (Å²) in [6, 6.07) is 17.6. The van der Waals surface area contributed by atoms with E-state index in [1.165, 1.54) is 14.2 Å². The van der Waals surface area contributed by atoms with E-state index in [-0.39, 0.29) is 0 Å². The molecule has 7 heteroatoms. The minimum absolute atomic E-state index is 0.542. The van der Waals surface area contributed by atoms with Crippen LogP contribution >= 0.6 is 0 Å². The van der Waals surface area contributed by atoms with Gasteiger partial charge < -0.3 is 18.9 Å². The zero-order chi connectivity index (χ0) is 19.8. The predicted octanol–water partition coefficient (Wildman–Crippen LogP) is 1.24. The molecule has 1 saturated carbocycles. The van der Waals surface area contributed by atoms with Gasteiger partial charge in [0.25, 0.3) is 11.2 Å². The summed E-state index contributed by atoms with van der Waals surface area (Å²) in [7, 11) is 2.35. The van der Waals surface area contributed by atoms with E-state index >= 15 is 0 Å².